The Balaban J connectivity index is 1.55. The summed E-state index contributed by atoms with van der Waals surface area (Å²) in [4.78, 5) is 36.4. The number of nitrogens with two attached hydrogens (primary N) is 1. The van der Waals surface area contributed by atoms with E-state index in [9.17, 15) is 13.2 Å². The molecule has 0 amide bonds. The van der Waals surface area contributed by atoms with Crippen molar-refractivity contribution in [1.29, 1.82) is 0 Å². The van der Waals surface area contributed by atoms with Crippen LogP contribution in [0.25, 0.3) is 22.6 Å². The summed E-state index contributed by atoms with van der Waals surface area (Å²) in [6.45, 7) is 6.15. The van der Waals surface area contributed by atoms with E-state index in [2.05, 4.69) is 25.3 Å². The average molecular weight is 521 g/mol. The maximum absolute atomic E-state index is 13.5. The van der Waals surface area contributed by atoms with Crippen molar-refractivity contribution in [2.75, 3.05) is 5.32 Å². The van der Waals surface area contributed by atoms with Crippen LogP contribution in [0.4, 0.5) is 5.82 Å². The van der Waals surface area contributed by atoms with Gasteiger partial charge in [0.2, 0.25) is 10.0 Å². The van der Waals surface area contributed by atoms with E-state index in [0.717, 1.165) is 35.4 Å². The molecule has 1 aliphatic carbocycles. The molecule has 0 unspecified atom stereocenters. The number of aryl methyl sites for hydroxylation is 1. The number of benzene rings is 1. The van der Waals surface area contributed by atoms with Gasteiger partial charge >= 0.3 is 0 Å². The zero-order chi connectivity index (χ0) is 26.3. The highest BCUT2D eigenvalue weighted by atomic mass is 32.2. The van der Waals surface area contributed by atoms with Gasteiger partial charge in [-0.25, -0.2) is 38.5 Å². The van der Waals surface area contributed by atoms with Crippen molar-refractivity contribution >= 4 is 27.0 Å². The van der Waals surface area contributed by atoms with Crippen LogP contribution in [0, 0.1) is 6.92 Å². The SMILES string of the molecule is CC[C@H](C)n1c(=O)c(NCc2ccc(S(N)(=O)=O)cc2)nc2cnc(-c3c(C)ncnc3C3CC3)nc21. The summed E-state index contributed by atoms with van der Waals surface area (Å²) in [5.74, 6) is 1.04. The summed E-state index contributed by atoms with van der Waals surface area (Å²) in [6, 6.07) is 6.00. The predicted octanol–water partition coefficient (Wildman–Crippen LogP) is 3.06. The van der Waals surface area contributed by atoms with Crippen LogP contribution in [-0.2, 0) is 16.6 Å². The van der Waals surface area contributed by atoms with E-state index in [1.54, 1.807) is 29.2 Å². The highest BCUT2D eigenvalue weighted by molar-refractivity contribution is 7.89. The lowest BCUT2D eigenvalue weighted by atomic mass is 10.1. The maximum Gasteiger partial charge on any atom is 0.295 e. The van der Waals surface area contributed by atoms with Gasteiger partial charge in [-0.3, -0.25) is 9.36 Å². The zero-order valence-corrected chi connectivity index (χ0v) is 21.7. The lowest BCUT2D eigenvalue weighted by Gasteiger charge is -2.18. The highest BCUT2D eigenvalue weighted by Crippen LogP contribution is 2.43. The topological polar surface area (TPSA) is 159 Å². The number of anilines is 1. The van der Waals surface area contributed by atoms with Gasteiger partial charge < -0.3 is 5.32 Å². The first-order chi connectivity index (χ1) is 17.7. The van der Waals surface area contributed by atoms with E-state index in [1.807, 2.05) is 20.8 Å². The Morgan fingerprint density at radius 2 is 1.86 bits per heavy atom. The van der Waals surface area contributed by atoms with E-state index in [1.165, 1.54) is 12.1 Å². The monoisotopic (exact) mass is 520 g/mol. The molecule has 3 N–H and O–H groups in total. The standard InChI is InChI=1S/C25H28N8O3S/c1-4-14(2)33-24-19(12-28-22(32-24)20-15(3)29-13-30-21(20)17-7-8-17)31-23(25(33)34)27-11-16-5-9-18(10-6-16)37(26,35)36/h5-6,9-10,12-14,17H,4,7-8,11H2,1-3H3,(H,27,31)(H2,26,35,36)/t14-/m0/s1. The van der Waals surface area contributed by atoms with Gasteiger partial charge in [-0.2, -0.15) is 0 Å². The number of hydrogen-bond donors (Lipinski definition) is 2. The number of aromatic nitrogens is 6. The number of nitrogens with one attached hydrogen (secondary N) is 1. The zero-order valence-electron chi connectivity index (χ0n) is 20.8. The molecule has 3 heterocycles. The molecular formula is C25H28N8O3S. The third-order valence-electron chi connectivity index (χ3n) is 6.63. The summed E-state index contributed by atoms with van der Waals surface area (Å²) in [6.07, 6.45) is 6.08. The van der Waals surface area contributed by atoms with Gasteiger partial charge in [0.05, 0.1) is 28.0 Å². The number of primary sulfonamides is 1. The van der Waals surface area contributed by atoms with Crippen molar-refractivity contribution in [3.63, 3.8) is 0 Å². The summed E-state index contributed by atoms with van der Waals surface area (Å²) in [7, 11) is -3.77. The molecule has 5 rings (SSSR count). The molecule has 0 spiro atoms. The number of hydrogen-bond acceptors (Lipinski definition) is 9. The largest absolute Gasteiger partial charge is 0.361 e. The van der Waals surface area contributed by atoms with Crippen LogP contribution in [-0.4, -0.2) is 37.9 Å². The van der Waals surface area contributed by atoms with Gasteiger partial charge in [0.1, 0.15) is 11.8 Å². The van der Waals surface area contributed by atoms with Gasteiger partial charge in [-0.1, -0.05) is 19.1 Å². The normalized spacial score (nSPS) is 14.6. The maximum atomic E-state index is 13.5. The molecular weight excluding hydrogens is 492 g/mol. The van der Waals surface area contributed by atoms with E-state index in [0.29, 0.717) is 29.3 Å². The van der Waals surface area contributed by atoms with E-state index >= 15 is 0 Å². The van der Waals surface area contributed by atoms with Crippen LogP contribution in [0.3, 0.4) is 0 Å². The second-order valence-electron chi connectivity index (χ2n) is 9.33. The molecule has 192 valence electrons. The van der Waals surface area contributed by atoms with Crippen LogP contribution in [0.1, 0.15) is 62.0 Å². The Kier molecular flexibility index (Phi) is 6.46. The van der Waals surface area contributed by atoms with Crippen molar-refractivity contribution in [1.82, 2.24) is 29.5 Å². The van der Waals surface area contributed by atoms with Crippen molar-refractivity contribution in [3.8, 4) is 11.4 Å². The fourth-order valence-electron chi connectivity index (χ4n) is 4.25. The first-order valence-corrected chi connectivity index (χ1v) is 13.7. The van der Waals surface area contributed by atoms with Crippen molar-refractivity contribution < 1.29 is 8.42 Å². The molecule has 0 radical (unpaired) electrons. The van der Waals surface area contributed by atoms with Crippen molar-refractivity contribution in [2.45, 2.75) is 63.4 Å². The minimum absolute atomic E-state index is 0.0241. The molecule has 1 aromatic carbocycles. The molecule has 1 saturated carbocycles. The van der Waals surface area contributed by atoms with Gasteiger partial charge in [0, 0.05) is 18.5 Å². The number of rotatable bonds is 8. The fourth-order valence-corrected chi connectivity index (χ4v) is 4.76. The molecule has 3 aromatic heterocycles. The predicted molar refractivity (Wildman–Crippen MR) is 139 cm³/mol. The fraction of sp³-hybridized carbons (Fsp3) is 0.360. The van der Waals surface area contributed by atoms with Gasteiger partial charge in [-0.15, -0.1) is 0 Å². The minimum atomic E-state index is -3.77. The third kappa shape index (κ3) is 4.94. The van der Waals surface area contributed by atoms with E-state index < -0.39 is 10.0 Å². The van der Waals surface area contributed by atoms with Gasteiger partial charge in [0.25, 0.3) is 5.56 Å². The first kappa shape index (κ1) is 24.9. The third-order valence-corrected chi connectivity index (χ3v) is 7.56. The average Bonchev–Trinajstić information content (AvgIpc) is 3.72. The summed E-state index contributed by atoms with van der Waals surface area (Å²) in [5.41, 5.74) is 3.98. The van der Waals surface area contributed by atoms with E-state index in [-0.39, 0.29) is 28.9 Å². The van der Waals surface area contributed by atoms with Crippen molar-refractivity contribution in [3.05, 3.63) is 64.1 Å². The van der Waals surface area contributed by atoms with Gasteiger partial charge in [-0.05, 0) is 50.8 Å². The molecule has 1 aliphatic rings. The highest BCUT2D eigenvalue weighted by Gasteiger charge is 2.30. The molecule has 0 saturated heterocycles. The van der Waals surface area contributed by atoms with Crippen LogP contribution in [0.2, 0.25) is 0 Å². The van der Waals surface area contributed by atoms with Crippen molar-refractivity contribution in [2.24, 2.45) is 5.14 Å². The first-order valence-electron chi connectivity index (χ1n) is 12.1. The summed E-state index contributed by atoms with van der Waals surface area (Å²) >= 11 is 0. The van der Waals surface area contributed by atoms with Crippen LogP contribution in [0.5, 0.6) is 0 Å². The van der Waals surface area contributed by atoms with E-state index in [4.69, 9.17) is 10.1 Å². The summed E-state index contributed by atoms with van der Waals surface area (Å²) in [5, 5.41) is 8.25. The lowest BCUT2D eigenvalue weighted by molar-refractivity contribution is 0.526. The van der Waals surface area contributed by atoms with Gasteiger partial charge in [0.15, 0.2) is 17.3 Å². The number of fused-ring (bicyclic) bond motifs is 1. The second-order valence-corrected chi connectivity index (χ2v) is 10.9. The Morgan fingerprint density at radius 1 is 1.14 bits per heavy atom. The quantitative estimate of drug-likeness (QED) is 0.356. The molecule has 12 heteroatoms. The minimum Gasteiger partial charge on any atom is -0.361 e. The van der Waals surface area contributed by atoms with Crippen LogP contribution < -0.4 is 16.0 Å². The number of sulfonamides is 1. The Bertz CT molecular complexity index is 1650. The number of nitrogens with zero attached hydrogens (tertiary/aromatic N) is 6. The Morgan fingerprint density at radius 3 is 2.51 bits per heavy atom. The Labute approximate surface area is 214 Å². The molecule has 0 bridgehead atoms. The molecule has 37 heavy (non-hydrogen) atoms. The molecule has 0 aliphatic heterocycles. The lowest BCUT2D eigenvalue weighted by Crippen LogP contribution is -2.28. The Hall–Kier alpha value is -3.77. The van der Waals surface area contributed by atoms with Crippen LogP contribution in [0.15, 0.2) is 46.5 Å². The molecule has 4 aromatic rings. The second kappa shape index (κ2) is 9.60. The van der Waals surface area contributed by atoms with Crippen LogP contribution >= 0.6 is 0 Å². The molecule has 11 nitrogen and oxygen atoms in total. The molecule has 1 atom stereocenters. The summed E-state index contributed by atoms with van der Waals surface area (Å²) < 4.78 is 24.6. The molecule has 1 fully saturated rings. The smallest absolute Gasteiger partial charge is 0.295 e.